The minimum Gasteiger partial charge on any atom is -0.282 e. The minimum atomic E-state index is -4.31. The standard InChI is InChI=1S/C16H12O3S.C16H12.Mg.2H/c1-2-11-7-9-14-13-6-4-3-5-12(13)8-10-15(14)16(11)20(17,18)19;1-2-12-7-5-9-16-14-8-4-3-6-13(14)10-11-15(12)16;;;/h2-10H,1H2,(H,17,18,19);2-11H,1H2;;;. The molecule has 0 aliphatic rings. The summed E-state index contributed by atoms with van der Waals surface area (Å²) in [6.07, 6.45) is 3.34. The molecular formula is C32H26MgO3S. The van der Waals surface area contributed by atoms with E-state index < -0.39 is 10.1 Å². The SMILES string of the molecule is C=Cc1ccc2c(ccc3ccccc32)c1S(=O)(=O)O.C=Cc1cccc2c1ccc1ccccc12.[MgH2]. The van der Waals surface area contributed by atoms with Crippen LogP contribution in [0.3, 0.4) is 0 Å². The fourth-order valence-corrected chi connectivity index (χ4v) is 5.67. The zero-order valence-electron chi connectivity index (χ0n) is 19.6. The van der Waals surface area contributed by atoms with E-state index in [-0.39, 0.29) is 27.9 Å². The van der Waals surface area contributed by atoms with Gasteiger partial charge in [0.25, 0.3) is 10.1 Å². The number of rotatable bonds is 3. The predicted octanol–water partition coefficient (Wildman–Crippen LogP) is 7.60. The van der Waals surface area contributed by atoms with Crippen molar-refractivity contribution in [2.75, 3.05) is 0 Å². The summed E-state index contributed by atoms with van der Waals surface area (Å²) in [7, 11) is -4.31. The molecule has 0 aliphatic heterocycles. The van der Waals surface area contributed by atoms with E-state index in [0.717, 1.165) is 16.2 Å². The maximum absolute atomic E-state index is 11.7. The van der Waals surface area contributed by atoms with Gasteiger partial charge in [-0.05, 0) is 48.8 Å². The molecule has 0 saturated carbocycles. The molecule has 0 radical (unpaired) electrons. The van der Waals surface area contributed by atoms with Crippen LogP contribution in [0, 0.1) is 0 Å². The molecule has 0 saturated heterocycles. The summed E-state index contributed by atoms with van der Waals surface area (Å²) in [6.45, 7) is 7.46. The summed E-state index contributed by atoms with van der Waals surface area (Å²) < 4.78 is 32.8. The molecule has 0 bridgehead atoms. The van der Waals surface area contributed by atoms with Crippen LogP contribution in [-0.4, -0.2) is 36.0 Å². The van der Waals surface area contributed by atoms with Gasteiger partial charge in [-0.3, -0.25) is 4.55 Å². The van der Waals surface area contributed by atoms with Gasteiger partial charge >= 0.3 is 23.1 Å². The Hall–Kier alpha value is -3.48. The van der Waals surface area contributed by atoms with E-state index in [0.29, 0.717) is 10.9 Å². The average Bonchev–Trinajstić information content (AvgIpc) is 2.91. The van der Waals surface area contributed by atoms with E-state index in [1.807, 2.05) is 42.5 Å². The summed E-state index contributed by atoms with van der Waals surface area (Å²) >= 11 is 0. The molecule has 0 fully saturated rings. The first-order valence-corrected chi connectivity index (χ1v) is 12.9. The van der Waals surface area contributed by atoms with Crippen molar-refractivity contribution in [1.82, 2.24) is 0 Å². The quantitative estimate of drug-likeness (QED) is 0.150. The first kappa shape index (κ1) is 26.6. The number of benzene rings is 6. The Labute approximate surface area is 232 Å². The van der Waals surface area contributed by atoms with E-state index in [2.05, 4.69) is 67.8 Å². The van der Waals surface area contributed by atoms with Crippen LogP contribution in [0.5, 0.6) is 0 Å². The van der Waals surface area contributed by atoms with Crippen molar-refractivity contribution < 1.29 is 13.0 Å². The van der Waals surface area contributed by atoms with Crippen LogP contribution in [0.25, 0.3) is 55.2 Å². The highest BCUT2D eigenvalue weighted by Crippen LogP contribution is 2.32. The topological polar surface area (TPSA) is 54.4 Å². The lowest BCUT2D eigenvalue weighted by Gasteiger charge is -2.10. The maximum atomic E-state index is 11.7. The Bertz CT molecular complexity index is 1910. The molecule has 0 amide bonds. The summed E-state index contributed by atoms with van der Waals surface area (Å²) in [5.74, 6) is 0. The van der Waals surface area contributed by atoms with Gasteiger partial charge in [-0.15, -0.1) is 0 Å². The van der Waals surface area contributed by atoms with Crippen molar-refractivity contribution in [3.63, 3.8) is 0 Å². The molecule has 3 nitrogen and oxygen atoms in total. The zero-order chi connectivity index (χ0) is 25.3. The molecule has 0 aliphatic carbocycles. The third kappa shape index (κ3) is 5.04. The van der Waals surface area contributed by atoms with Gasteiger partial charge in [0, 0.05) is 5.39 Å². The number of fused-ring (bicyclic) bond motifs is 6. The molecule has 0 heterocycles. The van der Waals surface area contributed by atoms with Crippen LogP contribution >= 0.6 is 0 Å². The highest BCUT2D eigenvalue weighted by atomic mass is 32.2. The lowest BCUT2D eigenvalue weighted by Crippen LogP contribution is -2.02. The molecule has 0 atom stereocenters. The van der Waals surface area contributed by atoms with Gasteiger partial charge in [0.2, 0.25) is 0 Å². The van der Waals surface area contributed by atoms with Gasteiger partial charge in [0.1, 0.15) is 4.90 Å². The number of hydrogen-bond donors (Lipinski definition) is 1. The highest BCUT2D eigenvalue weighted by Gasteiger charge is 2.18. The summed E-state index contributed by atoms with van der Waals surface area (Å²) in [5, 5.41) is 8.44. The maximum Gasteiger partial charge on any atom is 0.316 e. The molecule has 6 aromatic carbocycles. The second-order valence-electron chi connectivity index (χ2n) is 8.48. The second-order valence-corrected chi connectivity index (χ2v) is 9.84. The Morgan fingerprint density at radius 1 is 0.514 bits per heavy atom. The van der Waals surface area contributed by atoms with Gasteiger partial charge in [-0.1, -0.05) is 128 Å². The van der Waals surface area contributed by atoms with Crippen molar-refractivity contribution in [2.24, 2.45) is 0 Å². The summed E-state index contributed by atoms with van der Waals surface area (Å²) in [6, 6.07) is 34.0. The monoisotopic (exact) mass is 514 g/mol. The lowest BCUT2D eigenvalue weighted by molar-refractivity contribution is 0.484. The smallest absolute Gasteiger partial charge is 0.282 e. The third-order valence-corrected chi connectivity index (χ3v) is 7.40. The predicted molar refractivity (Wildman–Crippen MR) is 161 cm³/mol. The molecule has 180 valence electrons. The zero-order valence-corrected chi connectivity index (χ0v) is 20.4. The summed E-state index contributed by atoms with van der Waals surface area (Å²) in [5.41, 5.74) is 1.60. The van der Waals surface area contributed by atoms with Crippen LogP contribution in [0.15, 0.2) is 121 Å². The molecular weight excluding hydrogens is 489 g/mol. The molecule has 6 aromatic rings. The van der Waals surface area contributed by atoms with Crippen LogP contribution in [0.1, 0.15) is 11.1 Å². The van der Waals surface area contributed by atoms with Crippen molar-refractivity contribution >= 4 is 88.4 Å². The average molecular weight is 515 g/mol. The molecule has 6 rings (SSSR count). The van der Waals surface area contributed by atoms with E-state index in [9.17, 15) is 13.0 Å². The van der Waals surface area contributed by atoms with Crippen molar-refractivity contribution in [3.05, 3.63) is 127 Å². The molecule has 0 spiro atoms. The van der Waals surface area contributed by atoms with E-state index in [1.165, 1.54) is 33.2 Å². The third-order valence-electron chi connectivity index (χ3n) is 6.43. The van der Waals surface area contributed by atoms with Gasteiger partial charge in [0.15, 0.2) is 0 Å². The Kier molecular flexibility index (Phi) is 7.81. The Balaban J connectivity index is 0.000000172. The largest absolute Gasteiger partial charge is 0.316 e. The van der Waals surface area contributed by atoms with Crippen molar-refractivity contribution in [3.8, 4) is 0 Å². The van der Waals surface area contributed by atoms with Gasteiger partial charge < -0.3 is 0 Å². The lowest BCUT2D eigenvalue weighted by atomic mass is 9.98. The molecule has 0 aromatic heterocycles. The van der Waals surface area contributed by atoms with Gasteiger partial charge in [-0.25, -0.2) is 0 Å². The van der Waals surface area contributed by atoms with E-state index >= 15 is 0 Å². The van der Waals surface area contributed by atoms with Crippen LogP contribution < -0.4 is 0 Å². The fraction of sp³-hybridized carbons (Fsp3) is 0. The van der Waals surface area contributed by atoms with Gasteiger partial charge in [-0.2, -0.15) is 8.42 Å². The number of hydrogen-bond acceptors (Lipinski definition) is 2. The van der Waals surface area contributed by atoms with E-state index in [1.54, 1.807) is 12.1 Å². The fourth-order valence-electron chi connectivity index (χ4n) is 4.77. The van der Waals surface area contributed by atoms with Crippen molar-refractivity contribution in [2.45, 2.75) is 4.90 Å². The molecule has 37 heavy (non-hydrogen) atoms. The Morgan fingerprint density at radius 3 is 1.57 bits per heavy atom. The molecule has 5 heteroatoms. The van der Waals surface area contributed by atoms with Gasteiger partial charge in [0.05, 0.1) is 0 Å². The first-order chi connectivity index (χ1) is 17.4. The van der Waals surface area contributed by atoms with Crippen molar-refractivity contribution in [1.29, 1.82) is 0 Å². The van der Waals surface area contributed by atoms with E-state index in [4.69, 9.17) is 0 Å². The first-order valence-electron chi connectivity index (χ1n) is 11.5. The molecule has 1 N–H and O–H groups in total. The highest BCUT2D eigenvalue weighted by molar-refractivity contribution is 7.86. The summed E-state index contributed by atoms with van der Waals surface area (Å²) in [4.78, 5) is -0.0873. The van der Waals surface area contributed by atoms with Crippen LogP contribution in [0.4, 0.5) is 0 Å². The van der Waals surface area contributed by atoms with Crippen LogP contribution in [0.2, 0.25) is 0 Å². The second kappa shape index (κ2) is 10.9. The molecule has 0 unspecified atom stereocenters. The van der Waals surface area contributed by atoms with Crippen LogP contribution in [-0.2, 0) is 10.1 Å². The normalized spacial score (nSPS) is 11.1. The minimum absolute atomic E-state index is 0. The Morgan fingerprint density at radius 2 is 1.00 bits per heavy atom.